The summed E-state index contributed by atoms with van der Waals surface area (Å²) in [4.78, 5) is 23.1. The molecule has 0 aliphatic heterocycles. The number of hydrogen-bond donors (Lipinski definition) is 0. The molecule has 0 atom stereocenters. The van der Waals surface area contributed by atoms with E-state index in [4.69, 9.17) is 16.3 Å². The lowest BCUT2D eigenvalue weighted by atomic mass is 10.2. The van der Waals surface area contributed by atoms with E-state index in [-0.39, 0.29) is 29.5 Å². The number of halogens is 1. The summed E-state index contributed by atoms with van der Waals surface area (Å²) in [5.41, 5.74) is 0.0616. The van der Waals surface area contributed by atoms with Crippen molar-refractivity contribution in [3.63, 3.8) is 0 Å². The number of nitrogens with zero attached hydrogens (tertiary/aromatic N) is 2. The van der Waals surface area contributed by atoms with Crippen LogP contribution in [0.25, 0.3) is 0 Å². The topological polar surface area (TPSA) is 72.7 Å². The van der Waals surface area contributed by atoms with Crippen molar-refractivity contribution < 1.29 is 14.5 Å². The molecule has 18 heavy (non-hydrogen) atoms. The highest BCUT2D eigenvalue weighted by molar-refractivity contribution is 6.33. The van der Waals surface area contributed by atoms with Gasteiger partial charge in [0.1, 0.15) is 17.3 Å². The van der Waals surface area contributed by atoms with E-state index in [9.17, 15) is 14.9 Å². The molecular formula is C11H13ClN2O4. The van der Waals surface area contributed by atoms with Gasteiger partial charge >= 0.3 is 11.7 Å². The van der Waals surface area contributed by atoms with Crippen molar-refractivity contribution in [2.75, 3.05) is 25.1 Å². The van der Waals surface area contributed by atoms with Crippen molar-refractivity contribution in [2.24, 2.45) is 0 Å². The van der Waals surface area contributed by atoms with Crippen LogP contribution in [0, 0.1) is 10.1 Å². The van der Waals surface area contributed by atoms with E-state index >= 15 is 0 Å². The van der Waals surface area contributed by atoms with Crippen LogP contribution in [0.2, 0.25) is 5.02 Å². The van der Waals surface area contributed by atoms with Crippen molar-refractivity contribution in [1.29, 1.82) is 0 Å². The fraction of sp³-hybridized carbons (Fsp3) is 0.364. The Bertz CT molecular complexity index is 464. The van der Waals surface area contributed by atoms with Gasteiger partial charge in [-0.25, -0.2) is 0 Å². The first-order valence-corrected chi connectivity index (χ1v) is 5.64. The largest absolute Gasteiger partial charge is 0.465 e. The Balaban J connectivity index is 2.98. The van der Waals surface area contributed by atoms with Gasteiger partial charge in [-0.3, -0.25) is 14.9 Å². The minimum Gasteiger partial charge on any atom is -0.465 e. The lowest BCUT2D eigenvalue weighted by Gasteiger charge is -2.18. The quantitative estimate of drug-likeness (QED) is 0.467. The number of anilines is 1. The summed E-state index contributed by atoms with van der Waals surface area (Å²) < 4.78 is 4.78. The molecule has 1 aromatic carbocycles. The summed E-state index contributed by atoms with van der Waals surface area (Å²) in [5.74, 6) is -0.450. The van der Waals surface area contributed by atoms with Crippen LogP contribution in [0.4, 0.5) is 11.4 Å². The molecule has 6 nitrogen and oxygen atoms in total. The van der Waals surface area contributed by atoms with Gasteiger partial charge in [0.2, 0.25) is 0 Å². The molecule has 0 bridgehead atoms. The molecule has 1 aromatic rings. The van der Waals surface area contributed by atoms with Crippen LogP contribution in [0.15, 0.2) is 18.2 Å². The molecule has 0 radical (unpaired) electrons. The first-order chi connectivity index (χ1) is 8.47. The molecule has 0 unspecified atom stereocenters. The number of likely N-dealkylation sites (N-methyl/N-ethyl adjacent to an activating group) is 1. The van der Waals surface area contributed by atoms with Gasteiger partial charge in [-0.15, -0.1) is 0 Å². The first kappa shape index (κ1) is 14.2. The monoisotopic (exact) mass is 272 g/mol. The van der Waals surface area contributed by atoms with E-state index in [1.165, 1.54) is 17.0 Å². The molecule has 98 valence electrons. The highest BCUT2D eigenvalue weighted by Crippen LogP contribution is 2.34. The van der Waals surface area contributed by atoms with E-state index in [1.54, 1.807) is 20.0 Å². The van der Waals surface area contributed by atoms with E-state index in [0.29, 0.717) is 0 Å². The zero-order valence-electron chi connectivity index (χ0n) is 10.1. The zero-order chi connectivity index (χ0) is 13.7. The normalized spacial score (nSPS) is 9.94. The molecule has 0 aliphatic rings. The van der Waals surface area contributed by atoms with Crippen LogP contribution in [-0.2, 0) is 9.53 Å². The predicted octanol–water partition coefficient (Wildman–Crippen LogP) is 2.25. The molecule has 0 saturated heterocycles. The van der Waals surface area contributed by atoms with Crippen molar-refractivity contribution in [3.8, 4) is 0 Å². The molecule has 7 heteroatoms. The molecule has 0 spiro atoms. The summed E-state index contributed by atoms with van der Waals surface area (Å²) in [6, 6.07) is 4.55. The van der Waals surface area contributed by atoms with Gasteiger partial charge < -0.3 is 9.64 Å². The van der Waals surface area contributed by atoms with E-state index < -0.39 is 10.9 Å². The highest BCUT2D eigenvalue weighted by atomic mass is 35.5. The van der Waals surface area contributed by atoms with Gasteiger partial charge in [-0.05, 0) is 19.1 Å². The Morgan fingerprint density at radius 2 is 2.22 bits per heavy atom. The standard InChI is InChI=1S/C11H13ClN2O4/c1-3-18-10(15)7-13(2)9-6-4-5-8(12)11(9)14(16)17/h4-6H,3,7H2,1-2H3. The van der Waals surface area contributed by atoms with Crippen LogP contribution in [-0.4, -0.2) is 31.1 Å². The lowest BCUT2D eigenvalue weighted by Crippen LogP contribution is -2.27. The Kier molecular flexibility index (Phi) is 4.91. The minimum atomic E-state index is -0.570. The van der Waals surface area contributed by atoms with Crippen molar-refractivity contribution in [2.45, 2.75) is 6.92 Å². The van der Waals surface area contributed by atoms with Crippen LogP contribution in [0.3, 0.4) is 0 Å². The molecule has 0 fully saturated rings. The van der Waals surface area contributed by atoms with E-state index in [1.807, 2.05) is 0 Å². The van der Waals surface area contributed by atoms with E-state index in [2.05, 4.69) is 0 Å². The molecule has 0 saturated carbocycles. The summed E-state index contributed by atoms with van der Waals surface area (Å²) in [7, 11) is 1.57. The maximum atomic E-state index is 11.3. The number of carbonyl (C=O) groups excluding carboxylic acids is 1. The van der Waals surface area contributed by atoms with Crippen LogP contribution >= 0.6 is 11.6 Å². The molecule has 0 aliphatic carbocycles. The predicted molar refractivity (Wildman–Crippen MR) is 68.0 cm³/mol. The summed E-state index contributed by atoms with van der Waals surface area (Å²) in [5, 5.41) is 11.0. The maximum absolute atomic E-state index is 11.3. The molecule has 1 rings (SSSR count). The number of rotatable bonds is 5. The van der Waals surface area contributed by atoms with Crippen LogP contribution < -0.4 is 4.90 Å². The molecule has 0 amide bonds. The van der Waals surface area contributed by atoms with Crippen molar-refractivity contribution >= 4 is 28.9 Å². The average Bonchev–Trinajstić information content (AvgIpc) is 2.28. The number of nitro groups is 1. The van der Waals surface area contributed by atoms with Gasteiger partial charge in [0, 0.05) is 7.05 Å². The Hall–Kier alpha value is -1.82. The summed E-state index contributed by atoms with van der Waals surface area (Å²) >= 11 is 5.78. The fourth-order valence-electron chi connectivity index (χ4n) is 1.48. The molecular weight excluding hydrogens is 260 g/mol. The second-order valence-corrected chi connectivity index (χ2v) is 3.93. The second kappa shape index (κ2) is 6.20. The zero-order valence-corrected chi connectivity index (χ0v) is 10.8. The molecule has 0 aromatic heterocycles. The van der Waals surface area contributed by atoms with Crippen molar-refractivity contribution in [1.82, 2.24) is 0 Å². The Morgan fingerprint density at radius 3 is 2.78 bits per heavy atom. The summed E-state index contributed by atoms with van der Waals surface area (Å²) in [6.07, 6.45) is 0. The SMILES string of the molecule is CCOC(=O)CN(C)c1cccc(Cl)c1[N+](=O)[O-]. The lowest BCUT2D eigenvalue weighted by molar-refractivity contribution is -0.384. The number of esters is 1. The smallest absolute Gasteiger partial charge is 0.325 e. The van der Waals surface area contributed by atoms with Gasteiger partial charge in [-0.2, -0.15) is 0 Å². The van der Waals surface area contributed by atoms with E-state index in [0.717, 1.165) is 0 Å². The fourth-order valence-corrected chi connectivity index (χ4v) is 1.72. The van der Waals surface area contributed by atoms with Crippen molar-refractivity contribution in [3.05, 3.63) is 33.3 Å². The Morgan fingerprint density at radius 1 is 1.56 bits per heavy atom. The molecule has 0 N–H and O–H groups in total. The minimum absolute atomic E-state index is 0.0354. The number of hydrogen-bond acceptors (Lipinski definition) is 5. The third-order valence-corrected chi connectivity index (χ3v) is 2.54. The first-order valence-electron chi connectivity index (χ1n) is 5.27. The number of benzene rings is 1. The summed E-state index contributed by atoms with van der Waals surface area (Å²) in [6.45, 7) is 1.89. The average molecular weight is 273 g/mol. The second-order valence-electron chi connectivity index (χ2n) is 3.53. The number of nitro benzene ring substituents is 1. The van der Waals surface area contributed by atoms with Crippen LogP contribution in [0.1, 0.15) is 6.92 Å². The highest BCUT2D eigenvalue weighted by Gasteiger charge is 2.22. The number of ether oxygens (including phenoxy) is 1. The molecule has 0 heterocycles. The van der Waals surface area contributed by atoms with Gasteiger partial charge in [0.05, 0.1) is 11.5 Å². The third kappa shape index (κ3) is 3.33. The van der Waals surface area contributed by atoms with Gasteiger partial charge in [0.25, 0.3) is 0 Å². The van der Waals surface area contributed by atoms with Crippen LogP contribution in [0.5, 0.6) is 0 Å². The van der Waals surface area contributed by atoms with Gasteiger partial charge in [0.15, 0.2) is 0 Å². The number of carbonyl (C=O) groups is 1. The third-order valence-electron chi connectivity index (χ3n) is 2.23. The van der Waals surface area contributed by atoms with Gasteiger partial charge in [-0.1, -0.05) is 17.7 Å². The Labute approximate surface area is 109 Å². The maximum Gasteiger partial charge on any atom is 0.325 e. The number of para-hydroxylation sites is 1.